The number of nitrogens with zero attached hydrogens (tertiary/aromatic N) is 2. The molecule has 1 N–H and O–H groups in total. The number of aryl methyl sites for hydroxylation is 1. The Labute approximate surface area is 123 Å². The van der Waals surface area contributed by atoms with Crippen LogP contribution in [0.4, 0.5) is 0 Å². The van der Waals surface area contributed by atoms with Crippen molar-refractivity contribution in [1.82, 2.24) is 9.55 Å². The molecule has 3 nitrogen and oxygen atoms in total. The Hall–Kier alpha value is -0.830. The quantitative estimate of drug-likeness (QED) is 0.909. The standard InChI is InChI=1S/C17H30N2O/c1-5-11-19-12-10-18-15(19)13-17(20)9-7-6-8-14(17)16(2,3)4/h10,12,14,20H,5-9,11,13H2,1-4H3. The molecule has 1 heterocycles. The molecule has 2 rings (SSSR count). The second-order valence-corrected chi connectivity index (χ2v) is 7.48. The molecular formula is C17H30N2O. The Morgan fingerprint density at radius 2 is 2.15 bits per heavy atom. The molecule has 3 heteroatoms. The van der Waals surface area contributed by atoms with Crippen LogP contribution in [-0.2, 0) is 13.0 Å². The number of imidazole rings is 1. The Balaban J connectivity index is 2.21. The number of rotatable bonds is 4. The highest BCUT2D eigenvalue weighted by molar-refractivity contribution is 5.04. The van der Waals surface area contributed by atoms with Gasteiger partial charge in [-0.1, -0.05) is 40.5 Å². The Kier molecular flexibility index (Phi) is 4.58. The fourth-order valence-corrected chi connectivity index (χ4v) is 3.90. The number of aliphatic hydroxyl groups is 1. The average Bonchev–Trinajstić information content (AvgIpc) is 2.75. The molecule has 20 heavy (non-hydrogen) atoms. The maximum atomic E-state index is 11.3. The van der Waals surface area contributed by atoms with Crippen molar-refractivity contribution in [2.75, 3.05) is 0 Å². The predicted octanol–water partition coefficient (Wildman–Crippen LogP) is 3.80. The van der Waals surface area contributed by atoms with Crippen molar-refractivity contribution in [1.29, 1.82) is 0 Å². The van der Waals surface area contributed by atoms with Crippen LogP contribution >= 0.6 is 0 Å². The minimum atomic E-state index is -0.590. The molecule has 1 aliphatic rings. The lowest BCUT2D eigenvalue weighted by atomic mass is 9.62. The van der Waals surface area contributed by atoms with Crippen molar-refractivity contribution in [2.45, 2.75) is 78.4 Å². The SMILES string of the molecule is CCCn1ccnc1CC1(O)CCCCC1C(C)(C)C. The average molecular weight is 278 g/mol. The number of aromatic nitrogens is 2. The summed E-state index contributed by atoms with van der Waals surface area (Å²) in [6, 6.07) is 0. The van der Waals surface area contributed by atoms with Crippen molar-refractivity contribution in [3.8, 4) is 0 Å². The Morgan fingerprint density at radius 3 is 2.80 bits per heavy atom. The summed E-state index contributed by atoms with van der Waals surface area (Å²) in [7, 11) is 0. The van der Waals surface area contributed by atoms with Gasteiger partial charge in [0.25, 0.3) is 0 Å². The Bertz CT molecular complexity index is 432. The summed E-state index contributed by atoms with van der Waals surface area (Å²) in [5.74, 6) is 1.40. The normalized spacial score (nSPS) is 27.8. The molecule has 0 aliphatic heterocycles. The molecule has 1 aromatic heterocycles. The van der Waals surface area contributed by atoms with Gasteiger partial charge in [-0.05, 0) is 30.6 Å². The van der Waals surface area contributed by atoms with Crippen molar-refractivity contribution in [3.05, 3.63) is 18.2 Å². The van der Waals surface area contributed by atoms with Gasteiger partial charge in [0.05, 0.1) is 5.60 Å². The van der Waals surface area contributed by atoms with Gasteiger partial charge in [0.2, 0.25) is 0 Å². The summed E-state index contributed by atoms with van der Waals surface area (Å²) in [4.78, 5) is 4.49. The van der Waals surface area contributed by atoms with E-state index in [0.717, 1.165) is 38.1 Å². The van der Waals surface area contributed by atoms with E-state index < -0.39 is 5.60 Å². The summed E-state index contributed by atoms with van der Waals surface area (Å²) >= 11 is 0. The first-order valence-corrected chi connectivity index (χ1v) is 8.09. The summed E-state index contributed by atoms with van der Waals surface area (Å²) in [5.41, 5.74) is -0.440. The molecule has 0 amide bonds. The number of hydrogen-bond acceptors (Lipinski definition) is 2. The van der Waals surface area contributed by atoms with Crippen molar-refractivity contribution in [3.63, 3.8) is 0 Å². The molecule has 0 saturated heterocycles. The van der Waals surface area contributed by atoms with Crippen LogP contribution in [0.1, 0.15) is 65.6 Å². The van der Waals surface area contributed by atoms with E-state index in [0.29, 0.717) is 12.3 Å². The zero-order valence-electron chi connectivity index (χ0n) is 13.5. The molecule has 0 aromatic carbocycles. The van der Waals surface area contributed by atoms with Gasteiger partial charge in [0.15, 0.2) is 0 Å². The van der Waals surface area contributed by atoms with E-state index in [1.54, 1.807) is 0 Å². The van der Waals surface area contributed by atoms with Gasteiger partial charge >= 0.3 is 0 Å². The van der Waals surface area contributed by atoms with Crippen molar-refractivity contribution in [2.24, 2.45) is 11.3 Å². The summed E-state index contributed by atoms with van der Waals surface area (Å²) < 4.78 is 2.20. The van der Waals surface area contributed by atoms with E-state index in [1.807, 2.05) is 12.4 Å². The van der Waals surface area contributed by atoms with Crippen LogP contribution in [0, 0.1) is 11.3 Å². The summed E-state index contributed by atoms with van der Waals surface area (Å²) in [5, 5.41) is 11.3. The van der Waals surface area contributed by atoms with Gasteiger partial charge in [0.1, 0.15) is 5.82 Å². The van der Waals surface area contributed by atoms with Crippen molar-refractivity contribution >= 4 is 0 Å². The van der Waals surface area contributed by atoms with Crippen LogP contribution < -0.4 is 0 Å². The first kappa shape index (κ1) is 15.6. The molecule has 1 aliphatic carbocycles. The highest BCUT2D eigenvalue weighted by atomic mass is 16.3. The maximum Gasteiger partial charge on any atom is 0.111 e. The molecule has 0 bridgehead atoms. The summed E-state index contributed by atoms with van der Waals surface area (Å²) in [6.45, 7) is 9.94. The topological polar surface area (TPSA) is 38.0 Å². The molecule has 1 saturated carbocycles. The molecule has 1 aromatic rings. The third-order valence-corrected chi connectivity index (χ3v) is 4.78. The highest BCUT2D eigenvalue weighted by Gasteiger charge is 2.45. The monoisotopic (exact) mass is 278 g/mol. The molecule has 2 atom stereocenters. The Morgan fingerprint density at radius 1 is 1.40 bits per heavy atom. The van der Waals surface area contributed by atoms with Gasteiger partial charge in [-0.15, -0.1) is 0 Å². The summed E-state index contributed by atoms with van der Waals surface area (Å²) in [6.07, 6.45) is 10.1. The van der Waals surface area contributed by atoms with E-state index in [1.165, 1.54) is 6.42 Å². The minimum Gasteiger partial charge on any atom is -0.389 e. The first-order chi connectivity index (χ1) is 9.37. The lowest BCUT2D eigenvalue weighted by Crippen LogP contribution is -2.48. The third-order valence-electron chi connectivity index (χ3n) is 4.78. The largest absolute Gasteiger partial charge is 0.389 e. The lowest BCUT2D eigenvalue weighted by Gasteiger charge is -2.46. The first-order valence-electron chi connectivity index (χ1n) is 8.09. The van der Waals surface area contributed by atoms with Crippen LogP contribution in [0.3, 0.4) is 0 Å². The zero-order chi connectivity index (χ0) is 14.8. The number of hydrogen-bond donors (Lipinski definition) is 1. The molecule has 114 valence electrons. The van der Waals surface area contributed by atoms with Crippen molar-refractivity contribution < 1.29 is 5.11 Å². The second-order valence-electron chi connectivity index (χ2n) is 7.48. The zero-order valence-corrected chi connectivity index (χ0v) is 13.5. The van der Waals surface area contributed by atoms with Gasteiger partial charge in [-0.2, -0.15) is 0 Å². The molecule has 0 radical (unpaired) electrons. The highest BCUT2D eigenvalue weighted by Crippen LogP contribution is 2.45. The van der Waals surface area contributed by atoms with E-state index in [9.17, 15) is 5.11 Å². The molecule has 1 fully saturated rings. The van der Waals surface area contributed by atoms with Crippen LogP contribution in [0.15, 0.2) is 12.4 Å². The van der Waals surface area contributed by atoms with E-state index in [2.05, 4.69) is 37.2 Å². The minimum absolute atomic E-state index is 0.150. The van der Waals surface area contributed by atoms with Gasteiger partial charge in [0, 0.05) is 25.4 Å². The third kappa shape index (κ3) is 3.25. The molecular weight excluding hydrogens is 248 g/mol. The second kappa shape index (κ2) is 5.88. The maximum absolute atomic E-state index is 11.3. The fraction of sp³-hybridized carbons (Fsp3) is 0.824. The van der Waals surface area contributed by atoms with Crippen LogP contribution in [0.25, 0.3) is 0 Å². The van der Waals surface area contributed by atoms with E-state index in [-0.39, 0.29) is 5.41 Å². The predicted molar refractivity (Wildman–Crippen MR) is 82.6 cm³/mol. The van der Waals surface area contributed by atoms with E-state index in [4.69, 9.17) is 0 Å². The smallest absolute Gasteiger partial charge is 0.111 e. The van der Waals surface area contributed by atoms with E-state index >= 15 is 0 Å². The molecule has 0 spiro atoms. The van der Waals surface area contributed by atoms with Gasteiger partial charge in [-0.25, -0.2) is 4.98 Å². The van der Waals surface area contributed by atoms with Crippen LogP contribution in [-0.4, -0.2) is 20.3 Å². The van der Waals surface area contributed by atoms with Crippen LogP contribution in [0.5, 0.6) is 0 Å². The van der Waals surface area contributed by atoms with Gasteiger partial charge in [-0.3, -0.25) is 0 Å². The fourth-order valence-electron chi connectivity index (χ4n) is 3.90. The molecule has 2 unspecified atom stereocenters. The lowest BCUT2D eigenvalue weighted by molar-refractivity contribution is -0.0904. The van der Waals surface area contributed by atoms with Gasteiger partial charge < -0.3 is 9.67 Å². The van der Waals surface area contributed by atoms with Crippen LogP contribution in [0.2, 0.25) is 0 Å².